The zero-order valence-electron chi connectivity index (χ0n) is 11.6. The smallest absolute Gasteiger partial charge is 0.241 e. The van der Waals surface area contributed by atoms with Crippen LogP contribution in [0.2, 0.25) is 0 Å². The van der Waals surface area contributed by atoms with Crippen molar-refractivity contribution in [2.45, 2.75) is 6.54 Å². The van der Waals surface area contributed by atoms with Gasteiger partial charge in [-0.25, -0.2) is 4.39 Å². The van der Waals surface area contributed by atoms with Crippen molar-refractivity contribution in [1.82, 2.24) is 20.4 Å². The fourth-order valence-corrected chi connectivity index (χ4v) is 3.31. The Bertz CT molecular complexity index is 615. The minimum absolute atomic E-state index is 0.264. The predicted molar refractivity (Wildman–Crippen MR) is 74.8 cm³/mol. The zero-order chi connectivity index (χ0) is 14.2. The molecule has 0 unspecified atom stereocenters. The highest BCUT2D eigenvalue weighted by atomic mass is 19.1. The maximum Gasteiger partial charge on any atom is 0.241 e. The number of halogens is 1. The SMILES string of the molecule is Fc1ccc(-c2noc(CN3C[C@H]4CNC[C@H]4C3)n2)cc1. The normalized spacial score (nSPS) is 25.4. The molecule has 0 radical (unpaired) electrons. The third-order valence-electron chi connectivity index (χ3n) is 4.39. The van der Waals surface area contributed by atoms with Gasteiger partial charge in [0.15, 0.2) is 0 Å². The second-order valence-corrected chi connectivity index (χ2v) is 5.89. The first-order valence-electron chi connectivity index (χ1n) is 7.29. The van der Waals surface area contributed by atoms with Crippen molar-refractivity contribution in [3.8, 4) is 11.4 Å². The van der Waals surface area contributed by atoms with Crippen molar-refractivity contribution in [1.29, 1.82) is 0 Å². The van der Waals surface area contributed by atoms with Crippen molar-refractivity contribution in [3.63, 3.8) is 0 Å². The number of hydrogen-bond acceptors (Lipinski definition) is 5. The van der Waals surface area contributed by atoms with E-state index in [-0.39, 0.29) is 5.82 Å². The number of nitrogens with one attached hydrogen (secondary N) is 1. The van der Waals surface area contributed by atoms with Gasteiger partial charge >= 0.3 is 0 Å². The van der Waals surface area contributed by atoms with E-state index in [4.69, 9.17) is 4.52 Å². The van der Waals surface area contributed by atoms with E-state index in [1.807, 2.05) is 0 Å². The molecule has 1 aromatic heterocycles. The third kappa shape index (κ3) is 2.56. The van der Waals surface area contributed by atoms with Gasteiger partial charge in [0, 0.05) is 18.7 Å². The summed E-state index contributed by atoms with van der Waals surface area (Å²) >= 11 is 0. The summed E-state index contributed by atoms with van der Waals surface area (Å²) < 4.78 is 18.2. The topological polar surface area (TPSA) is 54.2 Å². The summed E-state index contributed by atoms with van der Waals surface area (Å²) in [6.07, 6.45) is 0. The quantitative estimate of drug-likeness (QED) is 0.928. The lowest BCUT2D eigenvalue weighted by Gasteiger charge is -2.13. The van der Waals surface area contributed by atoms with Crippen LogP contribution in [0, 0.1) is 17.7 Å². The molecule has 3 heterocycles. The first-order chi connectivity index (χ1) is 10.3. The number of nitrogens with zero attached hydrogens (tertiary/aromatic N) is 3. The molecular formula is C15H17FN4O. The standard InChI is InChI=1S/C15H17FN4O/c16-13-3-1-10(2-4-13)15-18-14(21-19-15)9-20-7-11-5-17-6-12(11)8-20/h1-4,11-12,17H,5-9H2/t11-,12+. The van der Waals surface area contributed by atoms with Crippen molar-refractivity contribution < 1.29 is 8.91 Å². The minimum atomic E-state index is -0.264. The molecule has 0 saturated carbocycles. The second kappa shape index (κ2) is 5.20. The molecule has 21 heavy (non-hydrogen) atoms. The maximum atomic E-state index is 12.9. The molecule has 0 aliphatic carbocycles. The van der Waals surface area contributed by atoms with Crippen LogP contribution < -0.4 is 5.32 Å². The summed E-state index contributed by atoms with van der Waals surface area (Å²) in [5.74, 6) is 2.39. The Morgan fingerprint density at radius 2 is 1.90 bits per heavy atom. The summed E-state index contributed by atoms with van der Waals surface area (Å²) in [4.78, 5) is 6.78. The predicted octanol–water partition coefficient (Wildman–Crippen LogP) is 1.53. The van der Waals surface area contributed by atoms with Gasteiger partial charge < -0.3 is 9.84 Å². The largest absolute Gasteiger partial charge is 0.338 e. The van der Waals surface area contributed by atoms with Gasteiger partial charge in [0.25, 0.3) is 0 Å². The lowest BCUT2D eigenvalue weighted by Crippen LogP contribution is -2.25. The second-order valence-electron chi connectivity index (χ2n) is 5.89. The molecule has 4 rings (SSSR count). The Morgan fingerprint density at radius 1 is 1.19 bits per heavy atom. The molecule has 2 saturated heterocycles. The van der Waals surface area contributed by atoms with Crippen LogP contribution >= 0.6 is 0 Å². The molecule has 5 nitrogen and oxygen atoms in total. The zero-order valence-corrected chi connectivity index (χ0v) is 11.6. The molecule has 2 fully saturated rings. The van der Waals surface area contributed by atoms with E-state index in [2.05, 4.69) is 20.4 Å². The Balaban J connectivity index is 1.44. The van der Waals surface area contributed by atoms with Gasteiger partial charge in [0.05, 0.1) is 6.54 Å². The van der Waals surface area contributed by atoms with E-state index in [0.717, 1.165) is 43.6 Å². The Morgan fingerprint density at radius 3 is 2.62 bits per heavy atom. The Kier molecular flexibility index (Phi) is 3.20. The lowest BCUT2D eigenvalue weighted by atomic mass is 10.0. The molecule has 0 bridgehead atoms. The van der Waals surface area contributed by atoms with Crippen LogP contribution in [0.25, 0.3) is 11.4 Å². The van der Waals surface area contributed by atoms with Crippen molar-refractivity contribution in [2.24, 2.45) is 11.8 Å². The van der Waals surface area contributed by atoms with Gasteiger partial charge in [0.2, 0.25) is 11.7 Å². The van der Waals surface area contributed by atoms with Gasteiger partial charge in [-0.2, -0.15) is 4.98 Å². The van der Waals surface area contributed by atoms with Crippen LogP contribution in [0.3, 0.4) is 0 Å². The van der Waals surface area contributed by atoms with E-state index >= 15 is 0 Å². The molecule has 2 atom stereocenters. The number of rotatable bonds is 3. The Labute approximate surface area is 122 Å². The van der Waals surface area contributed by atoms with Crippen molar-refractivity contribution >= 4 is 0 Å². The van der Waals surface area contributed by atoms with E-state index in [1.54, 1.807) is 12.1 Å². The molecule has 1 aromatic carbocycles. The first kappa shape index (κ1) is 12.9. The van der Waals surface area contributed by atoms with Gasteiger partial charge in [-0.3, -0.25) is 4.90 Å². The fraction of sp³-hybridized carbons (Fsp3) is 0.467. The fourth-order valence-electron chi connectivity index (χ4n) is 3.31. The summed E-state index contributed by atoms with van der Waals surface area (Å²) in [5.41, 5.74) is 0.772. The van der Waals surface area contributed by atoms with Gasteiger partial charge in [-0.15, -0.1) is 0 Å². The molecule has 2 aliphatic heterocycles. The first-order valence-corrected chi connectivity index (χ1v) is 7.29. The molecule has 110 valence electrons. The van der Waals surface area contributed by atoms with Crippen LogP contribution in [-0.4, -0.2) is 41.2 Å². The molecule has 2 aliphatic rings. The number of likely N-dealkylation sites (tertiary alicyclic amines) is 1. The summed E-state index contributed by atoms with van der Waals surface area (Å²) in [5, 5.41) is 7.41. The summed E-state index contributed by atoms with van der Waals surface area (Å²) in [6, 6.07) is 6.13. The molecule has 2 aromatic rings. The van der Waals surface area contributed by atoms with Crippen LogP contribution in [-0.2, 0) is 6.54 Å². The number of hydrogen-bond donors (Lipinski definition) is 1. The number of fused-ring (bicyclic) bond motifs is 1. The van der Waals surface area contributed by atoms with Crippen LogP contribution in [0.4, 0.5) is 4.39 Å². The number of benzene rings is 1. The maximum absolute atomic E-state index is 12.9. The molecular weight excluding hydrogens is 271 g/mol. The van der Waals surface area contributed by atoms with Gasteiger partial charge in [0.1, 0.15) is 5.82 Å². The van der Waals surface area contributed by atoms with Crippen LogP contribution in [0.5, 0.6) is 0 Å². The van der Waals surface area contributed by atoms with Crippen LogP contribution in [0.1, 0.15) is 5.89 Å². The minimum Gasteiger partial charge on any atom is -0.338 e. The Hall–Kier alpha value is -1.79. The highest BCUT2D eigenvalue weighted by Gasteiger charge is 2.36. The van der Waals surface area contributed by atoms with E-state index in [9.17, 15) is 4.39 Å². The molecule has 0 spiro atoms. The average Bonchev–Trinajstić information content (AvgIpc) is 3.16. The molecule has 0 amide bonds. The highest BCUT2D eigenvalue weighted by molar-refractivity contribution is 5.53. The van der Waals surface area contributed by atoms with Crippen molar-refractivity contribution in [3.05, 3.63) is 36.0 Å². The number of aromatic nitrogens is 2. The van der Waals surface area contributed by atoms with Crippen LogP contribution in [0.15, 0.2) is 28.8 Å². The lowest BCUT2D eigenvalue weighted by molar-refractivity contribution is 0.253. The molecule has 1 N–H and O–H groups in total. The van der Waals surface area contributed by atoms with Gasteiger partial charge in [-0.1, -0.05) is 5.16 Å². The van der Waals surface area contributed by atoms with Gasteiger partial charge in [-0.05, 0) is 49.2 Å². The molecule has 6 heteroatoms. The van der Waals surface area contributed by atoms with E-state index in [1.165, 1.54) is 12.1 Å². The summed E-state index contributed by atoms with van der Waals surface area (Å²) in [6.45, 7) is 5.11. The third-order valence-corrected chi connectivity index (χ3v) is 4.39. The monoisotopic (exact) mass is 288 g/mol. The van der Waals surface area contributed by atoms with E-state index in [0.29, 0.717) is 18.3 Å². The summed E-state index contributed by atoms with van der Waals surface area (Å²) in [7, 11) is 0. The van der Waals surface area contributed by atoms with E-state index < -0.39 is 0 Å². The van der Waals surface area contributed by atoms with Crippen molar-refractivity contribution in [2.75, 3.05) is 26.2 Å². The highest BCUT2D eigenvalue weighted by Crippen LogP contribution is 2.27. The average molecular weight is 288 g/mol.